The smallest absolute Gasteiger partial charge is 0.0797 e. The molecule has 5 atom stereocenters. The molecule has 2 nitrogen and oxygen atoms in total. The van der Waals surface area contributed by atoms with Crippen molar-refractivity contribution in [3.05, 3.63) is 24.8 Å². The van der Waals surface area contributed by atoms with Gasteiger partial charge in [0.15, 0.2) is 0 Å². The van der Waals surface area contributed by atoms with Gasteiger partial charge in [-0.1, -0.05) is 38.5 Å². The molecule has 0 aromatic heterocycles. The summed E-state index contributed by atoms with van der Waals surface area (Å²) >= 11 is 0. The third-order valence-electron chi connectivity index (χ3n) is 6.88. The van der Waals surface area contributed by atoms with Crippen LogP contribution in [0.3, 0.4) is 0 Å². The van der Waals surface area contributed by atoms with E-state index in [0.29, 0.717) is 11.8 Å². The Bertz CT molecular complexity index is 439. The van der Waals surface area contributed by atoms with Crippen LogP contribution in [-0.4, -0.2) is 22.4 Å². The first kappa shape index (κ1) is 17.7. The van der Waals surface area contributed by atoms with E-state index < -0.39 is 5.60 Å². The molecule has 0 heterocycles. The summed E-state index contributed by atoms with van der Waals surface area (Å²) in [7, 11) is 0. The molecule has 5 unspecified atom stereocenters. The number of rotatable bonds is 5. The Morgan fingerprint density at radius 2 is 2.05 bits per heavy atom. The average molecular weight is 306 g/mol. The molecule has 2 fully saturated rings. The van der Waals surface area contributed by atoms with Crippen LogP contribution >= 0.6 is 0 Å². The summed E-state index contributed by atoms with van der Waals surface area (Å²) in [5, 5.41) is 20.3. The fourth-order valence-corrected chi connectivity index (χ4v) is 5.34. The Morgan fingerprint density at radius 1 is 1.36 bits per heavy atom. The van der Waals surface area contributed by atoms with Crippen molar-refractivity contribution in [1.29, 1.82) is 0 Å². The quantitative estimate of drug-likeness (QED) is 0.735. The normalized spacial score (nSPS) is 41.6. The minimum Gasteiger partial charge on any atom is -0.396 e. The van der Waals surface area contributed by atoms with E-state index in [1.807, 2.05) is 6.92 Å². The van der Waals surface area contributed by atoms with Gasteiger partial charge in [-0.2, -0.15) is 0 Å². The van der Waals surface area contributed by atoms with E-state index in [1.54, 1.807) is 6.08 Å². The molecule has 22 heavy (non-hydrogen) atoms. The minimum absolute atomic E-state index is 0.0485. The number of aliphatic hydroxyl groups excluding tert-OH is 1. The molecular formula is C20H34O2. The summed E-state index contributed by atoms with van der Waals surface area (Å²) in [6.07, 6.45) is 9.10. The Hall–Kier alpha value is -0.600. The van der Waals surface area contributed by atoms with Gasteiger partial charge in [0.1, 0.15) is 0 Å². The lowest BCUT2D eigenvalue weighted by Crippen LogP contribution is -2.52. The van der Waals surface area contributed by atoms with E-state index in [2.05, 4.69) is 27.0 Å². The number of aliphatic hydroxyl groups is 2. The van der Waals surface area contributed by atoms with Crippen LogP contribution in [0.15, 0.2) is 24.8 Å². The molecule has 0 amide bonds. The van der Waals surface area contributed by atoms with Gasteiger partial charge < -0.3 is 10.2 Å². The van der Waals surface area contributed by atoms with Crippen LogP contribution in [0, 0.1) is 22.7 Å². The molecule has 0 aromatic carbocycles. The Morgan fingerprint density at radius 3 is 2.64 bits per heavy atom. The molecule has 0 bridgehead atoms. The maximum absolute atomic E-state index is 10.3. The van der Waals surface area contributed by atoms with Gasteiger partial charge in [-0.3, -0.25) is 0 Å². The van der Waals surface area contributed by atoms with Gasteiger partial charge in [-0.05, 0) is 68.1 Å². The topological polar surface area (TPSA) is 40.5 Å². The first-order valence-electron chi connectivity index (χ1n) is 8.83. The highest BCUT2D eigenvalue weighted by atomic mass is 16.3. The standard InChI is InChI=1S/C20H34O2/c1-6-19(4,22)13-10-16-15(2)8-9-17-18(3,14-21)11-7-12-20(16,17)5/h6,16-17,21-22H,1-2,7-14H2,3-5H3. The summed E-state index contributed by atoms with van der Waals surface area (Å²) in [5.74, 6) is 1.01. The lowest BCUT2D eigenvalue weighted by Gasteiger charge is -2.58. The largest absolute Gasteiger partial charge is 0.396 e. The zero-order valence-corrected chi connectivity index (χ0v) is 14.7. The highest BCUT2D eigenvalue weighted by Crippen LogP contribution is 2.61. The molecule has 2 rings (SSSR count). The van der Waals surface area contributed by atoms with Crippen molar-refractivity contribution in [2.45, 2.75) is 71.3 Å². The summed E-state index contributed by atoms with van der Waals surface area (Å²) < 4.78 is 0. The van der Waals surface area contributed by atoms with E-state index in [9.17, 15) is 10.2 Å². The number of hydrogen-bond donors (Lipinski definition) is 2. The van der Waals surface area contributed by atoms with Crippen molar-refractivity contribution < 1.29 is 10.2 Å². The molecule has 2 saturated carbocycles. The lowest BCUT2D eigenvalue weighted by atomic mass is 9.46. The molecule has 0 aliphatic heterocycles. The highest BCUT2D eigenvalue weighted by Gasteiger charge is 2.54. The van der Waals surface area contributed by atoms with E-state index in [-0.39, 0.29) is 17.4 Å². The van der Waals surface area contributed by atoms with Crippen LogP contribution < -0.4 is 0 Å². The fraction of sp³-hybridized carbons (Fsp3) is 0.800. The molecule has 126 valence electrons. The summed E-state index contributed by atoms with van der Waals surface area (Å²) in [6.45, 7) is 14.9. The molecule has 2 aliphatic carbocycles. The van der Waals surface area contributed by atoms with Crippen molar-refractivity contribution in [2.24, 2.45) is 22.7 Å². The predicted octanol–water partition coefficient (Wildman–Crippen LogP) is 4.47. The Balaban J connectivity index is 2.24. The zero-order chi connectivity index (χ0) is 16.6. The summed E-state index contributed by atoms with van der Waals surface area (Å²) in [4.78, 5) is 0. The van der Waals surface area contributed by atoms with Gasteiger partial charge >= 0.3 is 0 Å². The van der Waals surface area contributed by atoms with Crippen LogP contribution in [0.5, 0.6) is 0 Å². The van der Waals surface area contributed by atoms with Crippen molar-refractivity contribution in [2.75, 3.05) is 6.61 Å². The van der Waals surface area contributed by atoms with E-state index in [1.165, 1.54) is 18.4 Å². The summed E-state index contributed by atoms with van der Waals surface area (Å²) in [6, 6.07) is 0. The van der Waals surface area contributed by atoms with Gasteiger partial charge in [0.05, 0.1) is 5.60 Å². The first-order chi connectivity index (χ1) is 10.2. The maximum Gasteiger partial charge on any atom is 0.0797 e. The second kappa shape index (κ2) is 6.13. The van der Waals surface area contributed by atoms with Crippen LogP contribution in [0.2, 0.25) is 0 Å². The van der Waals surface area contributed by atoms with E-state index in [0.717, 1.165) is 32.1 Å². The van der Waals surface area contributed by atoms with Crippen molar-refractivity contribution >= 4 is 0 Å². The zero-order valence-electron chi connectivity index (χ0n) is 14.7. The maximum atomic E-state index is 10.3. The predicted molar refractivity (Wildman–Crippen MR) is 92.6 cm³/mol. The van der Waals surface area contributed by atoms with Gasteiger partial charge in [-0.15, -0.1) is 6.58 Å². The fourth-order valence-electron chi connectivity index (χ4n) is 5.34. The third-order valence-corrected chi connectivity index (χ3v) is 6.88. The highest BCUT2D eigenvalue weighted by molar-refractivity contribution is 5.16. The SMILES string of the molecule is C=CC(C)(O)CCC1C(=C)CCC2C(C)(CO)CCCC12C. The lowest BCUT2D eigenvalue weighted by molar-refractivity contribution is -0.0885. The van der Waals surface area contributed by atoms with E-state index in [4.69, 9.17) is 0 Å². The monoisotopic (exact) mass is 306 g/mol. The molecule has 0 spiro atoms. The van der Waals surface area contributed by atoms with Gasteiger partial charge in [0.2, 0.25) is 0 Å². The van der Waals surface area contributed by atoms with Crippen LogP contribution in [0.25, 0.3) is 0 Å². The van der Waals surface area contributed by atoms with Crippen LogP contribution in [0.4, 0.5) is 0 Å². The van der Waals surface area contributed by atoms with Crippen LogP contribution in [-0.2, 0) is 0 Å². The van der Waals surface area contributed by atoms with Crippen LogP contribution in [0.1, 0.15) is 65.7 Å². The minimum atomic E-state index is -0.793. The first-order valence-corrected chi connectivity index (χ1v) is 8.83. The molecular weight excluding hydrogens is 272 g/mol. The molecule has 2 heteroatoms. The van der Waals surface area contributed by atoms with Crippen molar-refractivity contribution in [3.8, 4) is 0 Å². The van der Waals surface area contributed by atoms with Crippen molar-refractivity contribution in [1.82, 2.24) is 0 Å². The molecule has 0 radical (unpaired) electrons. The average Bonchev–Trinajstić information content (AvgIpc) is 2.46. The van der Waals surface area contributed by atoms with Gasteiger partial charge in [0.25, 0.3) is 0 Å². The molecule has 0 saturated heterocycles. The molecule has 2 N–H and O–H groups in total. The third kappa shape index (κ3) is 3.05. The Labute approximate surface area is 136 Å². The number of allylic oxidation sites excluding steroid dienone is 1. The number of fused-ring (bicyclic) bond motifs is 1. The number of hydrogen-bond acceptors (Lipinski definition) is 2. The summed E-state index contributed by atoms with van der Waals surface area (Å²) in [5.41, 5.74) is 0.814. The molecule has 2 aliphatic rings. The molecule has 0 aromatic rings. The van der Waals surface area contributed by atoms with Crippen molar-refractivity contribution in [3.63, 3.8) is 0 Å². The Kier molecular flexibility index (Phi) is 4.94. The van der Waals surface area contributed by atoms with Gasteiger partial charge in [0, 0.05) is 6.61 Å². The van der Waals surface area contributed by atoms with E-state index >= 15 is 0 Å². The second-order valence-corrected chi connectivity index (χ2v) is 8.57. The second-order valence-electron chi connectivity index (χ2n) is 8.57. The van der Waals surface area contributed by atoms with Gasteiger partial charge in [-0.25, -0.2) is 0 Å².